The van der Waals surface area contributed by atoms with E-state index in [1.807, 2.05) is 42.5 Å². The summed E-state index contributed by atoms with van der Waals surface area (Å²) >= 11 is 0. The molecule has 0 fully saturated rings. The summed E-state index contributed by atoms with van der Waals surface area (Å²) in [6.07, 6.45) is 14.5. The minimum atomic E-state index is -0.342. The van der Waals surface area contributed by atoms with Crippen LogP contribution < -0.4 is 21.3 Å². The molecule has 2 aromatic rings. The lowest BCUT2D eigenvalue weighted by Gasteiger charge is -2.11. The minimum absolute atomic E-state index is 0.0116. The van der Waals surface area contributed by atoms with Crippen LogP contribution >= 0.6 is 0 Å². The van der Waals surface area contributed by atoms with Gasteiger partial charge in [0.25, 0.3) is 11.8 Å². The van der Waals surface area contributed by atoms with Crippen LogP contribution in [0.1, 0.15) is 26.3 Å². The zero-order chi connectivity index (χ0) is 16.7. The zero-order valence-electron chi connectivity index (χ0n) is 13.1. The van der Waals surface area contributed by atoms with Crippen molar-refractivity contribution >= 4 is 40.1 Å². The number of carbonyl (C=O) groups is 2. The fourth-order valence-electron chi connectivity index (χ4n) is 4.26. The molecule has 1 atom stereocenters. The first-order chi connectivity index (χ1) is 12.2. The Balaban J connectivity index is 1.90. The van der Waals surface area contributed by atoms with Gasteiger partial charge in [-0.15, -0.1) is 0 Å². The zero-order valence-corrected chi connectivity index (χ0v) is 13.1. The molecule has 0 spiro atoms. The summed E-state index contributed by atoms with van der Waals surface area (Å²) in [5, 5.41) is 7.47. The van der Waals surface area contributed by atoms with Gasteiger partial charge in [-0.3, -0.25) is 14.9 Å². The fraction of sp³-hybridized carbons (Fsp3) is 0.100. The maximum Gasteiger partial charge on any atom is 0.259 e. The Hall–Kier alpha value is -3.34. The first-order valence-corrected chi connectivity index (χ1v) is 8.23. The number of rotatable bonds is 0. The van der Waals surface area contributed by atoms with Gasteiger partial charge in [0.1, 0.15) is 5.42 Å². The molecule has 0 bridgehead atoms. The molecule has 0 saturated heterocycles. The second kappa shape index (κ2) is 4.19. The lowest BCUT2D eigenvalue weighted by Crippen LogP contribution is -2.23. The summed E-state index contributed by atoms with van der Waals surface area (Å²) in [6, 6.07) is -0.0116. The summed E-state index contributed by atoms with van der Waals surface area (Å²) < 4.78 is 6.13. The van der Waals surface area contributed by atoms with Gasteiger partial charge < -0.3 is 9.73 Å². The van der Waals surface area contributed by atoms with Gasteiger partial charge in [0.05, 0.1) is 22.9 Å². The molecule has 2 N–H and O–H groups in total. The molecule has 0 radical (unpaired) electrons. The first kappa shape index (κ1) is 13.0. The highest BCUT2D eigenvalue weighted by atomic mass is 16.3. The maximum atomic E-state index is 12.6. The minimum Gasteiger partial charge on any atom is -0.454 e. The number of nitrogens with one attached hydrogen (secondary N) is 2. The van der Waals surface area contributed by atoms with Gasteiger partial charge in [0.2, 0.25) is 0 Å². The van der Waals surface area contributed by atoms with Gasteiger partial charge in [-0.05, 0) is 18.1 Å². The molecule has 2 amide bonds. The number of imide groups is 1. The van der Waals surface area contributed by atoms with Crippen molar-refractivity contribution in [1.82, 2.24) is 5.32 Å². The van der Waals surface area contributed by atoms with Gasteiger partial charge in [0.15, 0.2) is 5.58 Å². The number of allylic oxidation sites excluding steroid dienone is 4. The molecular weight excluding hydrogens is 316 g/mol. The molecule has 6 rings (SSSR count). The standard InChI is InChI=1S/C20H12N2O3/c23-19-15-13-9-5-1-3-7-11(9)21-17(13)18-14(16(15)20(24)22-19)10-6-2-4-8-12(10)25-18/h1-5,7-8,11,21H,6H2,(H,22,23,24). The van der Waals surface area contributed by atoms with Crippen molar-refractivity contribution in [3.63, 3.8) is 0 Å². The quantitative estimate of drug-likeness (QED) is 0.715. The van der Waals surface area contributed by atoms with Crippen LogP contribution in [0.15, 0.2) is 40.9 Å². The Morgan fingerprint density at radius 1 is 1.08 bits per heavy atom. The van der Waals surface area contributed by atoms with Crippen LogP contribution in [0.5, 0.6) is 0 Å². The van der Waals surface area contributed by atoms with Crippen molar-refractivity contribution < 1.29 is 14.0 Å². The second-order valence-corrected chi connectivity index (χ2v) is 6.55. The first-order valence-electron chi connectivity index (χ1n) is 8.23. The average Bonchev–Trinajstić information content (AvgIpc) is 3.26. The van der Waals surface area contributed by atoms with E-state index in [1.165, 1.54) is 0 Å². The Morgan fingerprint density at radius 3 is 2.88 bits per heavy atom. The summed E-state index contributed by atoms with van der Waals surface area (Å²) in [7, 11) is 0. The third-order valence-electron chi connectivity index (χ3n) is 5.27. The van der Waals surface area contributed by atoms with Gasteiger partial charge in [0, 0.05) is 16.2 Å². The normalized spacial score (nSPS) is 21.6. The fourth-order valence-corrected chi connectivity index (χ4v) is 4.26. The highest BCUT2D eigenvalue weighted by molar-refractivity contribution is 6.28. The largest absolute Gasteiger partial charge is 0.454 e. The number of carbonyl (C=O) groups excluding carboxylic acids is 2. The molecule has 4 aliphatic rings. The molecule has 1 aromatic heterocycles. The summed E-state index contributed by atoms with van der Waals surface area (Å²) in [5.41, 5.74) is 5.10. The van der Waals surface area contributed by atoms with Crippen LogP contribution in [-0.4, -0.2) is 17.9 Å². The number of anilines is 1. The van der Waals surface area contributed by atoms with Crippen LogP contribution in [0.3, 0.4) is 0 Å². The van der Waals surface area contributed by atoms with Crippen molar-refractivity contribution in [2.75, 3.05) is 5.32 Å². The highest BCUT2D eigenvalue weighted by Gasteiger charge is 2.38. The van der Waals surface area contributed by atoms with E-state index in [4.69, 9.17) is 4.42 Å². The second-order valence-electron chi connectivity index (χ2n) is 6.55. The summed E-state index contributed by atoms with van der Waals surface area (Å²) in [4.78, 5) is 25.1. The number of amides is 2. The lowest BCUT2D eigenvalue weighted by molar-refractivity contribution is 0.0880. The van der Waals surface area contributed by atoms with Crippen LogP contribution in [0, 0.1) is 0 Å². The van der Waals surface area contributed by atoms with E-state index >= 15 is 0 Å². The Morgan fingerprint density at radius 2 is 1.96 bits per heavy atom. The SMILES string of the molecule is O=C1NC(=O)c2c1c1c(c3oc4c(c23)CC=CC=4)NC2C=CC=CC=12. The van der Waals surface area contributed by atoms with Crippen LogP contribution in [-0.2, 0) is 6.42 Å². The van der Waals surface area contributed by atoms with Crippen molar-refractivity contribution in [3.05, 3.63) is 63.8 Å². The van der Waals surface area contributed by atoms with E-state index in [-0.39, 0.29) is 17.9 Å². The number of fused-ring (bicyclic) bond motifs is 9. The molecule has 1 aromatic carbocycles. The average molecular weight is 328 g/mol. The number of hydrogen-bond acceptors (Lipinski definition) is 4. The molecule has 3 heterocycles. The number of benzene rings is 1. The maximum absolute atomic E-state index is 12.6. The van der Waals surface area contributed by atoms with E-state index < -0.39 is 0 Å². The highest BCUT2D eigenvalue weighted by Crippen LogP contribution is 2.36. The smallest absolute Gasteiger partial charge is 0.259 e. The van der Waals surface area contributed by atoms with E-state index in [2.05, 4.69) is 10.6 Å². The Labute approximate surface area is 141 Å². The van der Waals surface area contributed by atoms with Gasteiger partial charge in [-0.2, -0.15) is 0 Å². The van der Waals surface area contributed by atoms with Gasteiger partial charge in [-0.1, -0.05) is 36.5 Å². The van der Waals surface area contributed by atoms with Crippen LogP contribution in [0.4, 0.5) is 5.69 Å². The van der Waals surface area contributed by atoms with E-state index in [0.717, 1.165) is 32.8 Å². The Bertz CT molecular complexity index is 1250. The summed E-state index contributed by atoms with van der Waals surface area (Å²) in [6.45, 7) is 0. The van der Waals surface area contributed by atoms with E-state index in [9.17, 15) is 9.59 Å². The van der Waals surface area contributed by atoms with Gasteiger partial charge in [-0.25, -0.2) is 0 Å². The molecule has 120 valence electrons. The molecular formula is C20H12N2O3. The van der Waals surface area contributed by atoms with E-state index in [1.54, 1.807) is 0 Å². The number of furan rings is 1. The molecule has 2 aliphatic heterocycles. The van der Waals surface area contributed by atoms with Crippen LogP contribution in [0.25, 0.3) is 22.6 Å². The predicted molar refractivity (Wildman–Crippen MR) is 93.7 cm³/mol. The Kier molecular flexibility index (Phi) is 2.18. The topological polar surface area (TPSA) is 71.3 Å². The number of hydrogen-bond donors (Lipinski definition) is 2. The third kappa shape index (κ3) is 1.44. The molecule has 5 heteroatoms. The van der Waals surface area contributed by atoms with Gasteiger partial charge >= 0.3 is 0 Å². The predicted octanol–water partition coefficient (Wildman–Crippen LogP) is 1.28. The van der Waals surface area contributed by atoms with Crippen LogP contribution in [0.2, 0.25) is 0 Å². The molecule has 5 nitrogen and oxygen atoms in total. The summed E-state index contributed by atoms with van der Waals surface area (Å²) in [5.74, 6) is -0.674. The van der Waals surface area contributed by atoms with Crippen molar-refractivity contribution in [2.45, 2.75) is 12.5 Å². The molecule has 1 unspecified atom stereocenters. The van der Waals surface area contributed by atoms with Crippen molar-refractivity contribution in [2.24, 2.45) is 0 Å². The van der Waals surface area contributed by atoms with Crippen molar-refractivity contribution in [1.29, 1.82) is 0 Å². The third-order valence-corrected chi connectivity index (χ3v) is 5.27. The van der Waals surface area contributed by atoms with E-state index in [0.29, 0.717) is 23.1 Å². The molecule has 0 saturated carbocycles. The van der Waals surface area contributed by atoms with Crippen molar-refractivity contribution in [3.8, 4) is 0 Å². The lowest BCUT2D eigenvalue weighted by atomic mass is 9.94. The monoisotopic (exact) mass is 328 g/mol. The molecule has 2 aliphatic carbocycles. The molecule has 25 heavy (non-hydrogen) atoms.